The molecule has 0 aliphatic carbocycles. The van der Waals surface area contributed by atoms with Crippen LogP contribution in [0.4, 0.5) is 0 Å². The van der Waals surface area contributed by atoms with Crippen LogP contribution in [0.15, 0.2) is 18.3 Å². The van der Waals surface area contributed by atoms with E-state index in [4.69, 9.17) is 0 Å². The zero-order valence-corrected chi connectivity index (χ0v) is 7.38. The predicted molar refractivity (Wildman–Crippen MR) is 49.0 cm³/mol. The molecule has 2 heteroatoms. The number of aryl methyl sites for hydroxylation is 1. The number of hydrogen-bond donors (Lipinski definition) is 1. The quantitative estimate of drug-likeness (QED) is 0.705. The van der Waals surface area contributed by atoms with Crippen molar-refractivity contribution in [2.45, 2.75) is 13.3 Å². The lowest BCUT2D eigenvalue weighted by atomic mass is 9.95. The van der Waals surface area contributed by atoms with Gasteiger partial charge in [0.05, 0.1) is 0 Å². The SMILES string of the molecule is Cc1ccc(CC2CNC2)cn1. The summed E-state index contributed by atoms with van der Waals surface area (Å²) >= 11 is 0. The van der Waals surface area contributed by atoms with Gasteiger partial charge < -0.3 is 5.32 Å². The molecule has 1 aliphatic rings. The van der Waals surface area contributed by atoms with Gasteiger partial charge in [0.25, 0.3) is 0 Å². The molecule has 2 nitrogen and oxygen atoms in total. The van der Waals surface area contributed by atoms with Crippen LogP contribution >= 0.6 is 0 Å². The number of hydrogen-bond acceptors (Lipinski definition) is 2. The average Bonchev–Trinajstić information content (AvgIpc) is 2.00. The summed E-state index contributed by atoms with van der Waals surface area (Å²) < 4.78 is 0. The maximum absolute atomic E-state index is 4.27. The first kappa shape index (κ1) is 7.74. The summed E-state index contributed by atoms with van der Waals surface area (Å²) in [6.45, 7) is 4.37. The molecule has 1 aromatic rings. The molecule has 64 valence electrons. The van der Waals surface area contributed by atoms with Crippen LogP contribution in [-0.2, 0) is 6.42 Å². The molecule has 2 heterocycles. The lowest BCUT2D eigenvalue weighted by Crippen LogP contribution is -2.43. The number of nitrogens with zero attached hydrogens (tertiary/aromatic N) is 1. The average molecular weight is 162 g/mol. The van der Waals surface area contributed by atoms with Crippen molar-refractivity contribution in [3.05, 3.63) is 29.6 Å². The largest absolute Gasteiger partial charge is 0.316 e. The second kappa shape index (κ2) is 3.23. The van der Waals surface area contributed by atoms with Crippen LogP contribution in [0.1, 0.15) is 11.3 Å². The highest BCUT2D eigenvalue weighted by molar-refractivity contribution is 5.14. The zero-order chi connectivity index (χ0) is 8.39. The fourth-order valence-electron chi connectivity index (χ4n) is 1.45. The molecule has 0 atom stereocenters. The van der Waals surface area contributed by atoms with Crippen molar-refractivity contribution in [1.29, 1.82) is 0 Å². The summed E-state index contributed by atoms with van der Waals surface area (Å²) in [5.41, 5.74) is 2.47. The van der Waals surface area contributed by atoms with E-state index >= 15 is 0 Å². The molecule has 0 spiro atoms. The molecule has 0 unspecified atom stereocenters. The van der Waals surface area contributed by atoms with Crippen molar-refractivity contribution in [3.63, 3.8) is 0 Å². The van der Waals surface area contributed by atoms with E-state index in [1.165, 1.54) is 25.1 Å². The van der Waals surface area contributed by atoms with Crippen molar-refractivity contribution < 1.29 is 0 Å². The number of nitrogens with one attached hydrogen (secondary N) is 1. The first-order chi connectivity index (χ1) is 5.84. The zero-order valence-electron chi connectivity index (χ0n) is 7.38. The van der Waals surface area contributed by atoms with Gasteiger partial charge in [-0.1, -0.05) is 6.07 Å². The molecule has 1 N–H and O–H groups in total. The van der Waals surface area contributed by atoms with Crippen molar-refractivity contribution in [2.24, 2.45) is 5.92 Å². The molecule has 2 rings (SSSR count). The van der Waals surface area contributed by atoms with Crippen molar-refractivity contribution in [1.82, 2.24) is 10.3 Å². The van der Waals surface area contributed by atoms with E-state index in [2.05, 4.69) is 22.4 Å². The van der Waals surface area contributed by atoms with Gasteiger partial charge in [-0.05, 0) is 44.0 Å². The number of pyridine rings is 1. The second-order valence-electron chi connectivity index (χ2n) is 3.54. The molecule has 12 heavy (non-hydrogen) atoms. The van der Waals surface area contributed by atoms with Crippen LogP contribution in [0.3, 0.4) is 0 Å². The summed E-state index contributed by atoms with van der Waals surface area (Å²) in [6, 6.07) is 4.27. The molecular weight excluding hydrogens is 148 g/mol. The third-order valence-corrected chi connectivity index (χ3v) is 2.36. The highest BCUT2D eigenvalue weighted by atomic mass is 14.9. The molecule has 1 aromatic heterocycles. The van der Waals surface area contributed by atoms with Gasteiger partial charge in [0, 0.05) is 11.9 Å². The van der Waals surface area contributed by atoms with Gasteiger partial charge in [-0.15, -0.1) is 0 Å². The van der Waals surface area contributed by atoms with Crippen LogP contribution in [0.5, 0.6) is 0 Å². The summed E-state index contributed by atoms with van der Waals surface area (Å²) in [4.78, 5) is 4.27. The minimum absolute atomic E-state index is 0.842. The van der Waals surface area contributed by atoms with E-state index in [0.717, 1.165) is 11.6 Å². The van der Waals surface area contributed by atoms with Crippen LogP contribution < -0.4 is 5.32 Å². The maximum atomic E-state index is 4.27. The van der Waals surface area contributed by atoms with E-state index in [9.17, 15) is 0 Å². The minimum atomic E-state index is 0.842. The van der Waals surface area contributed by atoms with Crippen molar-refractivity contribution in [3.8, 4) is 0 Å². The summed E-state index contributed by atoms with van der Waals surface area (Å²) in [5, 5.41) is 3.27. The standard InChI is InChI=1S/C10H14N2/c1-8-2-3-9(7-12-8)4-10-5-11-6-10/h2-3,7,10-11H,4-6H2,1H3. The fraction of sp³-hybridized carbons (Fsp3) is 0.500. The highest BCUT2D eigenvalue weighted by Gasteiger charge is 2.16. The second-order valence-corrected chi connectivity index (χ2v) is 3.54. The molecule has 0 amide bonds. The first-order valence-corrected chi connectivity index (χ1v) is 4.47. The Morgan fingerprint density at radius 2 is 2.33 bits per heavy atom. The Labute approximate surface area is 73.0 Å². The molecule has 1 saturated heterocycles. The van der Waals surface area contributed by atoms with E-state index < -0.39 is 0 Å². The number of rotatable bonds is 2. The lowest BCUT2D eigenvalue weighted by Gasteiger charge is -2.26. The van der Waals surface area contributed by atoms with Crippen LogP contribution in [0.2, 0.25) is 0 Å². The van der Waals surface area contributed by atoms with Crippen LogP contribution in [0, 0.1) is 12.8 Å². The lowest BCUT2D eigenvalue weighted by molar-refractivity contribution is 0.346. The van der Waals surface area contributed by atoms with E-state index in [1.807, 2.05) is 13.1 Å². The van der Waals surface area contributed by atoms with Gasteiger partial charge in [0.15, 0.2) is 0 Å². The Hall–Kier alpha value is -0.890. The van der Waals surface area contributed by atoms with Gasteiger partial charge in [-0.3, -0.25) is 4.98 Å². The molecule has 0 saturated carbocycles. The highest BCUT2D eigenvalue weighted by Crippen LogP contribution is 2.11. The topological polar surface area (TPSA) is 24.9 Å². The van der Waals surface area contributed by atoms with Crippen molar-refractivity contribution >= 4 is 0 Å². The fourth-order valence-corrected chi connectivity index (χ4v) is 1.45. The smallest absolute Gasteiger partial charge is 0.0372 e. The van der Waals surface area contributed by atoms with E-state index in [0.29, 0.717) is 0 Å². The Kier molecular flexibility index (Phi) is 2.09. The Morgan fingerprint density at radius 3 is 2.83 bits per heavy atom. The third-order valence-electron chi connectivity index (χ3n) is 2.36. The summed E-state index contributed by atoms with van der Waals surface area (Å²) in [7, 11) is 0. The molecular formula is C10H14N2. The van der Waals surface area contributed by atoms with Crippen LogP contribution in [-0.4, -0.2) is 18.1 Å². The molecule has 0 bridgehead atoms. The van der Waals surface area contributed by atoms with Gasteiger partial charge in [-0.2, -0.15) is 0 Å². The van der Waals surface area contributed by atoms with Gasteiger partial charge in [0.1, 0.15) is 0 Å². The maximum Gasteiger partial charge on any atom is 0.0372 e. The Morgan fingerprint density at radius 1 is 1.50 bits per heavy atom. The minimum Gasteiger partial charge on any atom is -0.316 e. The van der Waals surface area contributed by atoms with Crippen LogP contribution in [0.25, 0.3) is 0 Å². The van der Waals surface area contributed by atoms with Gasteiger partial charge in [0.2, 0.25) is 0 Å². The summed E-state index contributed by atoms with van der Waals surface area (Å²) in [6.07, 6.45) is 3.17. The Bertz CT molecular complexity index is 249. The van der Waals surface area contributed by atoms with Gasteiger partial charge in [-0.25, -0.2) is 0 Å². The third kappa shape index (κ3) is 1.64. The predicted octanol–water partition coefficient (Wildman–Crippen LogP) is 1.15. The first-order valence-electron chi connectivity index (χ1n) is 4.47. The Balaban J connectivity index is 1.98. The molecule has 1 aliphatic heterocycles. The molecule has 1 fully saturated rings. The molecule has 0 aromatic carbocycles. The van der Waals surface area contributed by atoms with E-state index in [-0.39, 0.29) is 0 Å². The van der Waals surface area contributed by atoms with Gasteiger partial charge >= 0.3 is 0 Å². The summed E-state index contributed by atoms with van der Waals surface area (Å²) in [5.74, 6) is 0.842. The number of aromatic nitrogens is 1. The molecule has 0 radical (unpaired) electrons. The normalized spacial score (nSPS) is 17.4. The van der Waals surface area contributed by atoms with E-state index in [1.54, 1.807) is 0 Å². The monoisotopic (exact) mass is 162 g/mol. The van der Waals surface area contributed by atoms with Crippen molar-refractivity contribution in [2.75, 3.05) is 13.1 Å².